The minimum Gasteiger partial charge on any atom is -0.460 e. The van der Waals surface area contributed by atoms with Gasteiger partial charge in [0.2, 0.25) is 0 Å². The molecule has 0 fully saturated rings. The second kappa shape index (κ2) is 9.52. The lowest BCUT2D eigenvalue weighted by atomic mass is 10.2. The van der Waals surface area contributed by atoms with Crippen LogP contribution in [-0.4, -0.2) is 26.9 Å². The Bertz CT molecular complexity index is 1270. The van der Waals surface area contributed by atoms with E-state index < -0.39 is 0 Å². The largest absolute Gasteiger partial charge is 0.460 e. The van der Waals surface area contributed by atoms with Crippen LogP contribution in [0, 0.1) is 12.7 Å². The number of nitrogens with zero attached hydrogens (tertiary/aromatic N) is 3. The molecule has 0 unspecified atom stereocenters. The SMILES string of the molecule is Cc1ccccc1NC(=O)Nc1ccc(-n2nc(OC(C)C)nc2-c2cccc(F)c2)cc1. The number of carbonyl (C=O) groups excluding carboxylic acids is 1. The maximum atomic E-state index is 13.8. The molecule has 2 amide bonds. The van der Waals surface area contributed by atoms with Crippen molar-refractivity contribution >= 4 is 17.4 Å². The smallest absolute Gasteiger partial charge is 0.336 e. The van der Waals surface area contributed by atoms with Crippen LogP contribution in [0.25, 0.3) is 17.1 Å². The number of nitrogens with one attached hydrogen (secondary N) is 2. The first-order valence-corrected chi connectivity index (χ1v) is 10.5. The molecule has 0 saturated heterocycles. The molecule has 8 heteroatoms. The van der Waals surface area contributed by atoms with E-state index in [-0.39, 0.29) is 24.0 Å². The molecular weight excluding hydrogens is 421 g/mol. The first-order valence-electron chi connectivity index (χ1n) is 10.5. The average molecular weight is 445 g/mol. The minimum absolute atomic E-state index is 0.112. The van der Waals surface area contributed by atoms with Crippen LogP contribution in [0.3, 0.4) is 0 Å². The maximum Gasteiger partial charge on any atom is 0.336 e. The normalized spacial score (nSPS) is 10.8. The predicted molar refractivity (Wildman–Crippen MR) is 126 cm³/mol. The van der Waals surface area contributed by atoms with E-state index >= 15 is 0 Å². The lowest BCUT2D eigenvalue weighted by Crippen LogP contribution is -2.19. The van der Waals surface area contributed by atoms with Crippen LogP contribution in [-0.2, 0) is 0 Å². The Labute approximate surface area is 191 Å². The molecule has 0 bridgehead atoms. The average Bonchev–Trinajstić information content (AvgIpc) is 3.19. The first kappa shape index (κ1) is 22.0. The summed E-state index contributed by atoms with van der Waals surface area (Å²) in [5, 5.41) is 10.1. The molecule has 0 aliphatic rings. The second-order valence-electron chi connectivity index (χ2n) is 7.75. The molecule has 0 radical (unpaired) electrons. The van der Waals surface area contributed by atoms with Gasteiger partial charge < -0.3 is 15.4 Å². The Morgan fingerprint density at radius 2 is 1.76 bits per heavy atom. The summed E-state index contributed by atoms with van der Waals surface area (Å²) in [4.78, 5) is 16.8. The van der Waals surface area contributed by atoms with Crippen molar-refractivity contribution in [2.75, 3.05) is 10.6 Å². The fourth-order valence-corrected chi connectivity index (χ4v) is 3.23. The Kier molecular flexibility index (Phi) is 6.35. The van der Waals surface area contributed by atoms with E-state index in [1.54, 1.807) is 41.1 Å². The number of benzene rings is 3. The van der Waals surface area contributed by atoms with Crippen molar-refractivity contribution in [3.63, 3.8) is 0 Å². The molecule has 33 heavy (non-hydrogen) atoms. The summed E-state index contributed by atoms with van der Waals surface area (Å²) >= 11 is 0. The number of hydrogen-bond acceptors (Lipinski definition) is 4. The van der Waals surface area contributed by atoms with Crippen LogP contribution in [0.2, 0.25) is 0 Å². The van der Waals surface area contributed by atoms with Gasteiger partial charge in [-0.15, -0.1) is 5.10 Å². The molecule has 0 atom stereocenters. The molecule has 0 aliphatic carbocycles. The number of ether oxygens (including phenoxy) is 1. The molecular formula is C25H24FN5O2. The van der Waals surface area contributed by atoms with Gasteiger partial charge in [-0.25, -0.2) is 13.9 Å². The zero-order valence-electron chi connectivity index (χ0n) is 18.5. The van der Waals surface area contributed by atoms with Gasteiger partial charge in [-0.3, -0.25) is 0 Å². The highest BCUT2D eigenvalue weighted by Crippen LogP contribution is 2.25. The number of amides is 2. The molecule has 4 rings (SSSR count). The van der Waals surface area contributed by atoms with E-state index in [4.69, 9.17) is 4.74 Å². The number of aryl methyl sites for hydroxylation is 1. The van der Waals surface area contributed by atoms with Crippen LogP contribution in [0.15, 0.2) is 72.8 Å². The van der Waals surface area contributed by atoms with Crippen molar-refractivity contribution in [1.29, 1.82) is 0 Å². The van der Waals surface area contributed by atoms with Gasteiger partial charge in [0.05, 0.1) is 11.8 Å². The van der Waals surface area contributed by atoms with Crippen LogP contribution >= 0.6 is 0 Å². The van der Waals surface area contributed by atoms with E-state index in [1.807, 2.05) is 45.0 Å². The number of carbonyl (C=O) groups is 1. The van der Waals surface area contributed by atoms with Crippen molar-refractivity contribution in [3.05, 3.63) is 84.2 Å². The number of aromatic nitrogens is 3. The van der Waals surface area contributed by atoms with Gasteiger partial charge in [0.15, 0.2) is 5.82 Å². The van der Waals surface area contributed by atoms with Crippen molar-refractivity contribution in [2.24, 2.45) is 0 Å². The highest BCUT2D eigenvalue weighted by molar-refractivity contribution is 6.00. The molecule has 168 valence electrons. The van der Waals surface area contributed by atoms with Crippen molar-refractivity contribution in [2.45, 2.75) is 26.9 Å². The Morgan fingerprint density at radius 3 is 2.45 bits per heavy atom. The fraction of sp³-hybridized carbons (Fsp3) is 0.160. The first-order chi connectivity index (χ1) is 15.9. The van der Waals surface area contributed by atoms with Gasteiger partial charge in [-0.1, -0.05) is 30.3 Å². The summed E-state index contributed by atoms with van der Waals surface area (Å²) in [5.74, 6) is 0.0794. The highest BCUT2D eigenvalue weighted by atomic mass is 19.1. The monoisotopic (exact) mass is 445 g/mol. The Balaban J connectivity index is 1.57. The number of hydrogen-bond donors (Lipinski definition) is 2. The molecule has 1 aromatic heterocycles. The molecule has 4 aromatic rings. The zero-order chi connectivity index (χ0) is 23.4. The van der Waals surface area contributed by atoms with Crippen molar-refractivity contribution < 1.29 is 13.9 Å². The second-order valence-corrected chi connectivity index (χ2v) is 7.75. The number of urea groups is 1. The van der Waals surface area contributed by atoms with Gasteiger partial charge in [-0.05, 0) is 68.8 Å². The summed E-state index contributed by atoms with van der Waals surface area (Å²) in [6.07, 6.45) is -0.112. The third-order valence-corrected chi connectivity index (χ3v) is 4.77. The van der Waals surface area contributed by atoms with Gasteiger partial charge in [-0.2, -0.15) is 4.98 Å². The summed E-state index contributed by atoms with van der Waals surface area (Å²) in [5.41, 5.74) is 3.58. The van der Waals surface area contributed by atoms with E-state index in [1.165, 1.54) is 12.1 Å². The molecule has 2 N–H and O–H groups in total. The van der Waals surface area contributed by atoms with Crippen LogP contribution in [0.4, 0.5) is 20.6 Å². The fourth-order valence-electron chi connectivity index (χ4n) is 3.23. The summed E-state index contributed by atoms with van der Waals surface area (Å²) in [6.45, 7) is 5.69. The highest BCUT2D eigenvalue weighted by Gasteiger charge is 2.16. The molecule has 3 aromatic carbocycles. The topological polar surface area (TPSA) is 81.1 Å². The van der Waals surface area contributed by atoms with E-state index in [2.05, 4.69) is 20.7 Å². The number of para-hydroxylation sites is 1. The standard InChI is InChI=1S/C25H24FN5O2/c1-16(2)33-25-29-23(18-8-6-9-19(26)15-18)31(30-25)21-13-11-20(12-14-21)27-24(32)28-22-10-5-4-7-17(22)3/h4-16H,1-3H3,(H2,27,28,32). The predicted octanol–water partition coefficient (Wildman–Crippen LogP) is 5.81. The molecule has 0 aliphatic heterocycles. The molecule has 1 heterocycles. The van der Waals surface area contributed by atoms with E-state index in [9.17, 15) is 9.18 Å². The van der Waals surface area contributed by atoms with Crippen LogP contribution in [0.5, 0.6) is 6.01 Å². The van der Waals surface area contributed by atoms with Crippen LogP contribution in [0.1, 0.15) is 19.4 Å². The Hall–Kier alpha value is -4.20. The van der Waals surface area contributed by atoms with Crippen LogP contribution < -0.4 is 15.4 Å². The van der Waals surface area contributed by atoms with E-state index in [0.29, 0.717) is 22.8 Å². The van der Waals surface area contributed by atoms with Gasteiger partial charge in [0.25, 0.3) is 0 Å². The molecule has 0 spiro atoms. The minimum atomic E-state index is -0.368. The summed E-state index contributed by atoms with van der Waals surface area (Å²) < 4.78 is 21.1. The Morgan fingerprint density at radius 1 is 1.00 bits per heavy atom. The van der Waals surface area contributed by atoms with Crippen molar-refractivity contribution in [1.82, 2.24) is 14.8 Å². The summed E-state index contributed by atoms with van der Waals surface area (Å²) in [7, 11) is 0. The van der Waals surface area contributed by atoms with Crippen molar-refractivity contribution in [3.8, 4) is 23.1 Å². The molecule has 7 nitrogen and oxygen atoms in total. The summed E-state index contributed by atoms with van der Waals surface area (Å²) in [6, 6.07) is 20.6. The van der Waals surface area contributed by atoms with E-state index in [0.717, 1.165) is 11.3 Å². The van der Waals surface area contributed by atoms with Gasteiger partial charge in [0.1, 0.15) is 5.82 Å². The number of halogens is 1. The maximum absolute atomic E-state index is 13.8. The van der Waals surface area contributed by atoms with Gasteiger partial charge >= 0.3 is 12.0 Å². The number of anilines is 2. The van der Waals surface area contributed by atoms with Gasteiger partial charge in [0, 0.05) is 16.9 Å². The quantitative estimate of drug-likeness (QED) is 0.392. The third-order valence-electron chi connectivity index (χ3n) is 4.77. The molecule has 0 saturated carbocycles. The lowest BCUT2D eigenvalue weighted by molar-refractivity contribution is 0.222. The third kappa shape index (κ3) is 5.35. The number of rotatable bonds is 6. The lowest BCUT2D eigenvalue weighted by Gasteiger charge is -2.11. The zero-order valence-corrected chi connectivity index (χ0v) is 18.5.